The van der Waals surface area contributed by atoms with E-state index in [2.05, 4.69) is 10.6 Å². The van der Waals surface area contributed by atoms with Crippen LogP contribution >= 0.6 is 0 Å². The van der Waals surface area contributed by atoms with Crippen molar-refractivity contribution >= 4 is 11.7 Å². The van der Waals surface area contributed by atoms with Gasteiger partial charge in [0.1, 0.15) is 5.76 Å². The summed E-state index contributed by atoms with van der Waals surface area (Å²) in [4.78, 5) is 13.8. The van der Waals surface area contributed by atoms with E-state index in [0.29, 0.717) is 18.8 Å². The van der Waals surface area contributed by atoms with Crippen molar-refractivity contribution in [3.63, 3.8) is 0 Å². The van der Waals surface area contributed by atoms with Crippen molar-refractivity contribution in [3.05, 3.63) is 54.0 Å². The Labute approximate surface area is 148 Å². The molecular weight excluding hydrogens is 318 g/mol. The highest BCUT2D eigenvalue weighted by Crippen LogP contribution is 2.21. The van der Waals surface area contributed by atoms with Crippen molar-refractivity contribution in [2.24, 2.45) is 0 Å². The van der Waals surface area contributed by atoms with Crippen LogP contribution in [0.15, 0.2) is 47.1 Å². The van der Waals surface area contributed by atoms with E-state index >= 15 is 0 Å². The summed E-state index contributed by atoms with van der Waals surface area (Å²) in [5, 5.41) is 15.8. The Bertz CT molecular complexity index is 636. The first kappa shape index (κ1) is 19.0. The molecule has 2 amide bonds. The molecule has 1 heterocycles. The fraction of sp³-hybridized carbons (Fsp3) is 0.421. The molecule has 0 bridgehead atoms. The van der Waals surface area contributed by atoms with Gasteiger partial charge < -0.3 is 19.7 Å². The lowest BCUT2D eigenvalue weighted by Crippen LogP contribution is -2.34. The number of benzene rings is 1. The van der Waals surface area contributed by atoms with Gasteiger partial charge in [0, 0.05) is 24.8 Å². The van der Waals surface area contributed by atoms with E-state index in [1.807, 2.05) is 51.1 Å². The Morgan fingerprint density at radius 3 is 2.40 bits per heavy atom. The van der Waals surface area contributed by atoms with Crippen molar-refractivity contribution < 1.29 is 14.3 Å². The van der Waals surface area contributed by atoms with E-state index in [-0.39, 0.29) is 24.7 Å². The van der Waals surface area contributed by atoms with Crippen molar-refractivity contribution in [2.75, 3.05) is 25.0 Å². The van der Waals surface area contributed by atoms with Crippen LogP contribution in [-0.4, -0.2) is 35.7 Å². The molecule has 1 aromatic heterocycles. The van der Waals surface area contributed by atoms with Gasteiger partial charge in [-0.3, -0.25) is 5.32 Å². The van der Waals surface area contributed by atoms with Crippen LogP contribution in [0, 0.1) is 0 Å². The molecule has 2 unspecified atom stereocenters. The average Bonchev–Trinajstić information content (AvgIpc) is 3.15. The summed E-state index contributed by atoms with van der Waals surface area (Å²) in [6.45, 7) is 7.24. The van der Waals surface area contributed by atoms with Crippen molar-refractivity contribution in [2.45, 2.75) is 32.9 Å². The second kappa shape index (κ2) is 9.25. The Morgan fingerprint density at radius 2 is 1.88 bits per heavy atom. The number of hydrogen-bond donors (Lipinski definition) is 3. The second-order valence-electron chi connectivity index (χ2n) is 5.86. The quantitative estimate of drug-likeness (QED) is 0.684. The Morgan fingerprint density at radius 1 is 1.20 bits per heavy atom. The zero-order chi connectivity index (χ0) is 18.2. The number of rotatable bonds is 8. The number of aliphatic hydroxyl groups is 1. The van der Waals surface area contributed by atoms with Gasteiger partial charge in [-0.05, 0) is 50.6 Å². The number of carbonyl (C=O) groups excluding carboxylic acids is 1. The van der Waals surface area contributed by atoms with Gasteiger partial charge in [-0.1, -0.05) is 12.1 Å². The summed E-state index contributed by atoms with van der Waals surface area (Å²) in [5.41, 5.74) is 1.82. The molecule has 25 heavy (non-hydrogen) atoms. The van der Waals surface area contributed by atoms with Crippen LogP contribution in [0.3, 0.4) is 0 Å². The molecule has 0 aliphatic carbocycles. The molecule has 0 spiro atoms. The zero-order valence-corrected chi connectivity index (χ0v) is 15.0. The van der Waals surface area contributed by atoms with Crippen molar-refractivity contribution in [1.82, 2.24) is 10.2 Å². The number of furan rings is 1. The summed E-state index contributed by atoms with van der Waals surface area (Å²) in [5.74, 6) is 0.706. The highest BCUT2D eigenvalue weighted by molar-refractivity contribution is 5.89. The third-order valence-electron chi connectivity index (χ3n) is 4.23. The molecule has 0 aliphatic rings. The molecule has 2 rings (SSSR count). The Balaban J connectivity index is 1.97. The van der Waals surface area contributed by atoms with E-state index in [9.17, 15) is 9.90 Å². The number of anilines is 1. The van der Waals surface area contributed by atoms with E-state index in [0.717, 1.165) is 11.3 Å². The number of nitrogens with one attached hydrogen (secondary N) is 2. The lowest BCUT2D eigenvalue weighted by molar-refractivity contribution is 0.216. The minimum atomic E-state index is -0.257. The minimum absolute atomic E-state index is 0.0229. The number of amides is 2. The van der Waals surface area contributed by atoms with Gasteiger partial charge in [0.05, 0.1) is 18.9 Å². The highest BCUT2D eigenvalue weighted by atomic mass is 16.3. The monoisotopic (exact) mass is 345 g/mol. The summed E-state index contributed by atoms with van der Waals surface area (Å²) in [6, 6.07) is 11.0. The van der Waals surface area contributed by atoms with E-state index < -0.39 is 0 Å². The van der Waals surface area contributed by atoms with Crippen LogP contribution in [-0.2, 0) is 0 Å². The molecule has 0 radical (unpaired) electrons. The predicted octanol–water partition coefficient (Wildman–Crippen LogP) is 3.54. The molecule has 136 valence electrons. The summed E-state index contributed by atoms with van der Waals surface area (Å²) >= 11 is 0. The number of hydrogen-bond acceptors (Lipinski definition) is 4. The van der Waals surface area contributed by atoms with Crippen LogP contribution in [0.4, 0.5) is 10.5 Å². The van der Waals surface area contributed by atoms with Gasteiger partial charge in [0.2, 0.25) is 0 Å². The Kier molecular flexibility index (Phi) is 7.03. The minimum Gasteiger partial charge on any atom is -0.468 e. The predicted molar refractivity (Wildman–Crippen MR) is 98.5 cm³/mol. The molecule has 1 aromatic carbocycles. The van der Waals surface area contributed by atoms with E-state index in [1.54, 1.807) is 17.2 Å². The molecule has 3 N–H and O–H groups in total. The van der Waals surface area contributed by atoms with Gasteiger partial charge in [-0.15, -0.1) is 0 Å². The van der Waals surface area contributed by atoms with Crippen LogP contribution in [0.2, 0.25) is 0 Å². The molecular formula is C19H27N3O3. The highest BCUT2D eigenvalue weighted by Gasteiger charge is 2.17. The Hall–Kier alpha value is -2.31. The van der Waals surface area contributed by atoms with Gasteiger partial charge in [-0.2, -0.15) is 0 Å². The molecule has 0 aliphatic heterocycles. The van der Waals surface area contributed by atoms with E-state index in [4.69, 9.17) is 4.42 Å². The van der Waals surface area contributed by atoms with Gasteiger partial charge in [-0.25, -0.2) is 4.79 Å². The number of carbonyl (C=O) groups is 1. The molecule has 2 aromatic rings. The molecule has 6 heteroatoms. The van der Waals surface area contributed by atoms with Crippen LogP contribution in [0.5, 0.6) is 0 Å². The smallest absolute Gasteiger partial charge is 0.321 e. The summed E-state index contributed by atoms with van der Waals surface area (Å²) in [7, 11) is 0. The average molecular weight is 345 g/mol. The first-order chi connectivity index (χ1) is 12.1. The first-order valence-corrected chi connectivity index (χ1v) is 8.65. The standard InChI is InChI=1S/C19H27N3O3/c1-4-22(5-2)19(24)21-16-10-8-15(9-11-16)14(3)20-17(13-23)18-7-6-12-25-18/h6-12,14,17,20,23H,4-5,13H2,1-3H3,(H,21,24). The summed E-state index contributed by atoms with van der Waals surface area (Å²) in [6.07, 6.45) is 1.59. The molecule has 0 saturated heterocycles. The summed E-state index contributed by atoms with van der Waals surface area (Å²) < 4.78 is 5.36. The van der Waals surface area contributed by atoms with Crippen LogP contribution in [0.1, 0.15) is 44.2 Å². The maximum atomic E-state index is 12.1. The van der Waals surface area contributed by atoms with E-state index in [1.165, 1.54) is 0 Å². The number of nitrogens with zero attached hydrogens (tertiary/aromatic N) is 1. The molecule has 6 nitrogen and oxygen atoms in total. The second-order valence-corrected chi connectivity index (χ2v) is 5.86. The third-order valence-corrected chi connectivity index (χ3v) is 4.23. The molecule has 2 atom stereocenters. The lowest BCUT2D eigenvalue weighted by atomic mass is 10.1. The van der Waals surface area contributed by atoms with Crippen molar-refractivity contribution in [3.8, 4) is 0 Å². The van der Waals surface area contributed by atoms with Crippen molar-refractivity contribution in [1.29, 1.82) is 0 Å². The maximum Gasteiger partial charge on any atom is 0.321 e. The molecule has 0 fully saturated rings. The van der Waals surface area contributed by atoms with Gasteiger partial charge in [0.25, 0.3) is 0 Å². The fourth-order valence-corrected chi connectivity index (χ4v) is 2.68. The SMILES string of the molecule is CCN(CC)C(=O)Nc1ccc(C(C)NC(CO)c2ccco2)cc1. The van der Waals surface area contributed by atoms with Crippen LogP contribution < -0.4 is 10.6 Å². The maximum absolute atomic E-state index is 12.1. The zero-order valence-electron chi connectivity index (χ0n) is 15.0. The number of aliphatic hydroxyl groups excluding tert-OH is 1. The lowest BCUT2D eigenvalue weighted by Gasteiger charge is -2.21. The van der Waals surface area contributed by atoms with Gasteiger partial charge >= 0.3 is 6.03 Å². The first-order valence-electron chi connectivity index (χ1n) is 8.65. The normalized spacial score (nSPS) is 13.3. The van der Waals surface area contributed by atoms with Gasteiger partial charge in [0.15, 0.2) is 0 Å². The topological polar surface area (TPSA) is 77.7 Å². The largest absolute Gasteiger partial charge is 0.468 e. The third kappa shape index (κ3) is 5.08. The van der Waals surface area contributed by atoms with Crippen LogP contribution in [0.25, 0.3) is 0 Å². The number of urea groups is 1. The molecule has 0 saturated carbocycles. The fourth-order valence-electron chi connectivity index (χ4n) is 2.68.